The summed E-state index contributed by atoms with van der Waals surface area (Å²) < 4.78 is 52.1. The van der Waals surface area contributed by atoms with E-state index < -0.39 is 15.8 Å². The molecule has 0 N–H and O–H groups in total. The number of sulfonamides is 1. The fraction of sp³-hybridized carbons (Fsp3) is 0.217. The van der Waals surface area contributed by atoms with Crippen LogP contribution in [0.1, 0.15) is 16.7 Å². The molecule has 0 spiro atoms. The van der Waals surface area contributed by atoms with Gasteiger partial charge in [0, 0.05) is 23.7 Å². The van der Waals surface area contributed by atoms with E-state index >= 15 is 0 Å². The Labute approximate surface area is 186 Å². The van der Waals surface area contributed by atoms with Crippen molar-refractivity contribution in [2.75, 3.05) is 13.2 Å². The molecule has 1 aliphatic heterocycles. The van der Waals surface area contributed by atoms with E-state index in [1.54, 1.807) is 0 Å². The SMILES string of the molecule is O=S(=O)(c1ccc(F)cc1)N1CCOc2ccc(COCc3ccc(Cl)cc3)cc2C1. The average molecular weight is 462 g/mol. The van der Waals surface area contributed by atoms with E-state index in [1.165, 1.54) is 16.4 Å². The van der Waals surface area contributed by atoms with Gasteiger partial charge in [0.05, 0.1) is 18.1 Å². The maximum Gasteiger partial charge on any atom is 0.243 e. The number of hydrogen-bond donors (Lipinski definition) is 0. The van der Waals surface area contributed by atoms with Gasteiger partial charge in [-0.3, -0.25) is 0 Å². The Bertz CT molecular complexity index is 1150. The third-order valence-electron chi connectivity index (χ3n) is 4.97. The zero-order valence-electron chi connectivity index (χ0n) is 16.6. The number of nitrogens with zero attached hydrogens (tertiary/aromatic N) is 1. The highest BCUT2D eigenvalue weighted by molar-refractivity contribution is 7.89. The van der Waals surface area contributed by atoms with Crippen molar-refractivity contribution in [2.45, 2.75) is 24.7 Å². The summed E-state index contributed by atoms with van der Waals surface area (Å²) in [5, 5.41) is 0.676. The van der Waals surface area contributed by atoms with Crippen LogP contribution in [-0.2, 0) is 34.5 Å². The number of hydrogen-bond acceptors (Lipinski definition) is 4. The lowest BCUT2D eigenvalue weighted by Crippen LogP contribution is -2.32. The van der Waals surface area contributed by atoms with Gasteiger partial charge >= 0.3 is 0 Å². The third kappa shape index (κ3) is 5.25. The monoisotopic (exact) mass is 461 g/mol. The molecule has 3 aromatic carbocycles. The van der Waals surface area contributed by atoms with Crippen LogP contribution in [-0.4, -0.2) is 25.9 Å². The molecule has 8 heteroatoms. The molecule has 4 rings (SSSR count). The first kappa shape index (κ1) is 21.8. The summed E-state index contributed by atoms with van der Waals surface area (Å²) in [6.07, 6.45) is 0. The predicted octanol–water partition coefficient (Wildman–Crippen LogP) is 4.78. The lowest BCUT2D eigenvalue weighted by Gasteiger charge is -2.19. The van der Waals surface area contributed by atoms with Gasteiger partial charge in [0.15, 0.2) is 0 Å². The number of ether oxygens (including phenoxy) is 2. The van der Waals surface area contributed by atoms with Crippen molar-refractivity contribution in [3.05, 3.63) is 94.3 Å². The van der Waals surface area contributed by atoms with Crippen molar-refractivity contribution in [3.8, 4) is 5.75 Å². The summed E-state index contributed by atoms with van der Waals surface area (Å²) in [5.41, 5.74) is 2.69. The number of benzene rings is 3. The zero-order chi connectivity index (χ0) is 21.8. The van der Waals surface area contributed by atoms with E-state index in [0.29, 0.717) is 24.0 Å². The molecule has 0 bridgehead atoms. The van der Waals surface area contributed by atoms with Crippen LogP contribution in [0.3, 0.4) is 0 Å². The molecule has 162 valence electrons. The van der Waals surface area contributed by atoms with Crippen molar-refractivity contribution < 1.29 is 22.3 Å². The summed E-state index contributed by atoms with van der Waals surface area (Å²) in [7, 11) is -3.77. The van der Waals surface area contributed by atoms with Crippen LogP contribution in [0.5, 0.6) is 5.75 Å². The largest absolute Gasteiger partial charge is 0.492 e. The topological polar surface area (TPSA) is 55.8 Å². The molecule has 31 heavy (non-hydrogen) atoms. The molecule has 0 fully saturated rings. The van der Waals surface area contributed by atoms with E-state index in [1.807, 2.05) is 42.5 Å². The fourth-order valence-electron chi connectivity index (χ4n) is 3.34. The van der Waals surface area contributed by atoms with Crippen LogP contribution in [0.25, 0.3) is 0 Å². The number of rotatable bonds is 6. The summed E-state index contributed by atoms with van der Waals surface area (Å²) >= 11 is 5.90. The summed E-state index contributed by atoms with van der Waals surface area (Å²) in [4.78, 5) is 0.0554. The number of halogens is 2. The highest BCUT2D eigenvalue weighted by Gasteiger charge is 2.27. The molecule has 0 amide bonds. The summed E-state index contributed by atoms with van der Waals surface area (Å²) in [5.74, 6) is 0.171. The molecule has 0 atom stereocenters. The van der Waals surface area contributed by atoms with Crippen LogP contribution >= 0.6 is 11.6 Å². The van der Waals surface area contributed by atoms with E-state index in [2.05, 4.69) is 0 Å². The first-order valence-corrected chi connectivity index (χ1v) is 11.6. The molecule has 3 aromatic rings. The van der Waals surface area contributed by atoms with Gasteiger partial charge in [-0.1, -0.05) is 29.8 Å². The first-order valence-electron chi connectivity index (χ1n) is 9.74. The quantitative estimate of drug-likeness (QED) is 0.530. The molecule has 0 saturated heterocycles. The Hall–Kier alpha value is -2.45. The van der Waals surface area contributed by atoms with Crippen LogP contribution < -0.4 is 4.74 Å². The van der Waals surface area contributed by atoms with Crippen molar-refractivity contribution in [3.63, 3.8) is 0 Å². The molecule has 0 aliphatic carbocycles. The highest BCUT2D eigenvalue weighted by atomic mass is 35.5. The summed E-state index contributed by atoms with van der Waals surface area (Å²) in [6, 6.07) is 17.9. The Kier molecular flexibility index (Phi) is 6.57. The highest BCUT2D eigenvalue weighted by Crippen LogP contribution is 2.28. The molecular formula is C23H21ClFNO4S. The lowest BCUT2D eigenvalue weighted by atomic mass is 10.1. The maximum absolute atomic E-state index is 13.2. The van der Waals surface area contributed by atoms with Gasteiger partial charge in [-0.05, 0) is 59.7 Å². The Morgan fingerprint density at radius 1 is 0.968 bits per heavy atom. The molecule has 0 aromatic heterocycles. The van der Waals surface area contributed by atoms with Gasteiger partial charge in [0.2, 0.25) is 10.0 Å². The van der Waals surface area contributed by atoms with Crippen LogP contribution in [0, 0.1) is 5.82 Å². The van der Waals surface area contributed by atoms with E-state index in [4.69, 9.17) is 21.1 Å². The summed E-state index contributed by atoms with van der Waals surface area (Å²) in [6.45, 7) is 1.42. The van der Waals surface area contributed by atoms with Crippen molar-refractivity contribution in [1.29, 1.82) is 0 Å². The molecule has 5 nitrogen and oxygen atoms in total. The second kappa shape index (κ2) is 9.36. The van der Waals surface area contributed by atoms with E-state index in [9.17, 15) is 12.8 Å². The van der Waals surface area contributed by atoms with Gasteiger partial charge in [-0.15, -0.1) is 0 Å². The van der Waals surface area contributed by atoms with Crippen molar-refractivity contribution in [1.82, 2.24) is 4.31 Å². The second-order valence-electron chi connectivity index (χ2n) is 7.20. The minimum absolute atomic E-state index is 0.0554. The van der Waals surface area contributed by atoms with E-state index in [-0.39, 0.29) is 24.6 Å². The normalized spacial score (nSPS) is 14.5. The first-order chi connectivity index (χ1) is 14.9. The van der Waals surface area contributed by atoms with Gasteiger partial charge in [-0.2, -0.15) is 4.31 Å². The maximum atomic E-state index is 13.2. The lowest BCUT2D eigenvalue weighted by molar-refractivity contribution is 0.107. The second-order valence-corrected chi connectivity index (χ2v) is 9.58. The molecule has 0 radical (unpaired) electrons. The molecule has 0 saturated carbocycles. The van der Waals surface area contributed by atoms with Gasteiger partial charge < -0.3 is 9.47 Å². The molecular weight excluding hydrogens is 441 g/mol. The number of fused-ring (bicyclic) bond motifs is 1. The Morgan fingerprint density at radius 2 is 1.65 bits per heavy atom. The standard InChI is InChI=1S/C23H21ClFNO4S/c24-20-4-1-17(2-5-20)15-29-16-18-3-10-23-19(13-18)14-26(11-12-30-23)31(27,28)22-8-6-21(25)7-9-22/h1-10,13H,11-12,14-16H2. The Morgan fingerprint density at radius 3 is 2.39 bits per heavy atom. The molecule has 1 aliphatic rings. The Balaban J connectivity index is 1.47. The minimum atomic E-state index is -3.77. The fourth-order valence-corrected chi connectivity index (χ4v) is 4.87. The molecule has 0 unspecified atom stereocenters. The van der Waals surface area contributed by atoms with Gasteiger partial charge in [-0.25, -0.2) is 12.8 Å². The van der Waals surface area contributed by atoms with Crippen molar-refractivity contribution in [2.24, 2.45) is 0 Å². The van der Waals surface area contributed by atoms with Crippen molar-refractivity contribution >= 4 is 21.6 Å². The van der Waals surface area contributed by atoms with Crippen LogP contribution in [0.4, 0.5) is 4.39 Å². The third-order valence-corrected chi connectivity index (χ3v) is 7.08. The van der Waals surface area contributed by atoms with E-state index in [0.717, 1.165) is 28.8 Å². The smallest absolute Gasteiger partial charge is 0.243 e. The van der Waals surface area contributed by atoms with Crippen LogP contribution in [0.15, 0.2) is 71.6 Å². The average Bonchev–Trinajstić information content (AvgIpc) is 2.98. The van der Waals surface area contributed by atoms with Crippen LogP contribution in [0.2, 0.25) is 5.02 Å². The minimum Gasteiger partial charge on any atom is -0.492 e. The predicted molar refractivity (Wildman–Crippen MR) is 116 cm³/mol. The molecule has 1 heterocycles. The van der Waals surface area contributed by atoms with Gasteiger partial charge in [0.1, 0.15) is 18.2 Å². The zero-order valence-corrected chi connectivity index (χ0v) is 18.2. The van der Waals surface area contributed by atoms with Gasteiger partial charge in [0.25, 0.3) is 0 Å².